The molecule has 4 nitrogen and oxygen atoms in total. The van der Waals surface area contributed by atoms with Crippen molar-refractivity contribution in [3.8, 4) is 0 Å². The first-order valence-corrected chi connectivity index (χ1v) is 6.07. The summed E-state index contributed by atoms with van der Waals surface area (Å²) in [6, 6.07) is -1.38. The molecule has 17 heavy (non-hydrogen) atoms. The Morgan fingerprint density at radius 1 is 1.47 bits per heavy atom. The van der Waals surface area contributed by atoms with Gasteiger partial charge in [0, 0.05) is 5.75 Å². The van der Waals surface area contributed by atoms with Crippen LogP contribution in [0.15, 0.2) is 0 Å². The molecule has 0 aliphatic carbocycles. The van der Waals surface area contributed by atoms with Gasteiger partial charge in [0.25, 0.3) is 0 Å². The molecule has 1 rings (SSSR count). The fourth-order valence-electron chi connectivity index (χ4n) is 1.64. The number of carboxylic acids is 1. The third kappa shape index (κ3) is 3.05. The number of alkyl halides is 3. The van der Waals surface area contributed by atoms with Gasteiger partial charge in [-0.1, -0.05) is 13.3 Å². The molecule has 1 heterocycles. The number of amides is 1. The van der Waals surface area contributed by atoms with E-state index in [0.29, 0.717) is 17.7 Å². The van der Waals surface area contributed by atoms with E-state index in [0.717, 1.165) is 11.8 Å². The molecule has 1 aliphatic rings. The highest BCUT2D eigenvalue weighted by atomic mass is 32.2. The summed E-state index contributed by atoms with van der Waals surface area (Å²) in [5.74, 6) is -3.45. The Bertz CT molecular complexity index is 321. The summed E-state index contributed by atoms with van der Waals surface area (Å²) >= 11 is 1.08. The summed E-state index contributed by atoms with van der Waals surface area (Å²) in [7, 11) is 0. The third-order valence-corrected chi connectivity index (χ3v) is 3.75. The lowest BCUT2D eigenvalue weighted by atomic mass is 10.2. The van der Waals surface area contributed by atoms with Gasteiger partial charge in [0.1, 0.15) is 6.04 Å². The second-order valence-electron chi connectivity index (χ2n) is 3.64. The fourth-order valence-corrected chi connectivity index (χ4v) is 3.16. The van der Waals surface area contributed by atoms with Crippen LogP contribution in [0.25, 0.3) is 0 Å². The number of carbonyl (C=O) groups is 2. The first kappa shape index (κ1) is 14.1. The van der Waals surface area contributed by atoms with E-state index in [1.165, 1.54) is 0 Å². The summed E-state index contributed by atoms with van der Waals surface area (Å²) in [5, 5.41) is 8.11. The summed E-state index contributed by atoms with van der Waals surface area (Å²) in [6.45, 7) is 1.77. The summed E-state index contributed by atoms with van der Waals surface area (Å²) < 4.78 is 37.1. The minimum Gasteiger partial charge on any atom is -0.480 e. The molecule has 0 spiro atoms. The van der Waals surface area contributed by atoms with Crippen molar-refractivity contribution in [1.82, 2.24) is 4.90 Å². The molecule has 1 amide bonds. The van der Waals surface area contributed by atoms with Crippen LogP contribution in [-0.4, -0.2) is 45.2 Å². The van der Waals surface area contributed by atoms with Crippen molar-refractivity contribution in [1.29, 1.82) is 0 Å². The van der Waals surface area contributed by atoms with Crippen molar-refractivity contribution in [2.75, 3.05) is 5.75 Å². The van der Waals surface area contributed by atoms with Crippen LogP contribution in [0.4, 0.5) is 13.2 Å². The molecule has 1 saturated heterocycles. The maximum atomic E-state index is 12.4. The number of carbonyl (C=O) groups excluding carboxylic acids is 1. The second kappa shape index (κ2) is 5.16. The van der Waals surface area contributed by atoms with Crippen LogP contribution in [0, 0.1) is 0 Å². The maximum Gasteiger partial charge on any atom is 0.471 e. The molecule has 2 unspecified atom stereocenters. The number of halogens is 3. The van der Waals surface area contributed by atoms with Gasteiger partial charge >= 0.3 is 18.1 Å². The van der Waals surface area contributed by atoms with Gasteiger partial charge in [0.15, 0.2) is 0 Å². The summed E-state index contributed by atoms with van der Waals surface area (Å²) in [4.78, 5) is 22.5. The van der Waals surface area contributed by atoms with Crippen molar-refractivity contribution in [3.63, 3.8) is 0 Å². The number of carboxylic acid groups (broad SMARTS) is 1. The highest BCUT2D eigenvalue weighted by molar-refractivity contribution is 8.00. The standard InChI is InChI=1S/C9H12F3NO3S/c1-2-3-6-13(8(16)9(10,11)12)5(4-17-6)7(14)15/h5-6H,2-4H2,1H3,(H,14,15). The van der Waals surface area contributed by atoms with Crippen molar-refractivity contribution in [2.24, 2.45) is 0 Å². The Kier molecular flexibility index (Phi) is 4.29. The quantitative estimate of drug-likeness (QED) is 0.849. The molecular formula is C9H12F3NO3S. The van der Waals surface area contributed by atoms with Gasteiger partial charge in [0.05, 0.1) is 5.37 Å². The number of rotatable bonds is 3. The number of hydrogen-bond donors (Lipinski definition) is 1. The minimum atomic E-state index is -5.02. The molecule has 1 fully saturated rings. The SMILES string of the molecule is CCCC1SCC(C(=O)O)N1C(=O)C(F)(F)F. The third-order valence-electron chi connectivity index (χ3n) is 2.39. The average molecular weight is 271 g/mol. The zero-order valence-electron chi connectivity index (χ0n) is 9.03. The van der Waals surface area contributed by atoms with Crippen molar-refractivity contribution in [2.45, 2.75) is 37.4 Å². The van der Waals surface area contributed by atoms with E-state index >= 15 is 0 Å². The van der Waals surface area contributed by atoms with Gasteiger partial charge in [-0.05, 0) is 6.42 Å². The van der Waals surface area contributed by atoms with Crippen molar-refractivity contribution in [3.05, 3.63) is 0 Å². The van der Waals surface area contributed by atoms with Crippen LogP contribution >= 0.6 is 11.8 Å². The molecule has 1 N–H and O–H groups in total. The molecule has 98 valence electrons. The smallest absolute Gasteiger partial charge is 0.471 e. The van der Waals surface area contributed by atoms with Crippen LogP contribution in [-0.2, 0) is 9.59 Å². The largest absolute Gasteiger partial charge is 0.480 e. The molecule has 2 atom stereocenters. The van der Waals surface area contributed by atoms with E-state index in [-0.39, 0.29) is 5.75 Å². The predicted octanol–water partition coefficient (Wildman–Crippen LogP) is 1.70. The molecule has 0 saturated carbocycles. The molecular weight excluding hydrogens is 259 g/mol. The highest BCUT2D eigenvalue weighted by Crippen LogP contribution is 2.35. The average Bonchev–Trinajstić information content (AvgIpc) is 2.59. The molecule has 1 aliphatic heterocycles. The van der Waals surface area contributed by atoms with E-state index in [4.69, 9.17) is 5.11 Å². The van der Waals surface area contributed by atoms with Crippen LogP contribution in [0.1, 0.15) is 19.8 Å². The van der Waals surface area contributed by atoms with Crippen LogP contribution < -0.4 is 0 Å². The predicted molar refractivity (Wildman–Crippen MR) is 55.5 cm³/mol. The molecule has 8 heteroatoms. The van der Waals surface area contributed by atoms with E-state index in [1.54, 1.807) is 6.92 Å². The molecule has 0 aromatic heterocycles. The number of thioether (sulfide) groups is 1. The van der Waals surface area contributed by atoms with Crippen LogP contribution in [0.3, 0.4) is 0 Å². The Balaban J connectivity index is 2.93. The lowest BCUT2D eigenvalue weighted by Crippen LogP contribution is -2.50. The lowest BCUT2D eigenvalue weighted by molar-refractivity contribution is -0.189. The zero-order chi connectivity index (χ0) is 13.2. The summed E-state index contributed by atoms with van der Waals surface area (Å²) in [5.41, 5.74) is 0. The topological polar surface area (TPSA) is 57.6 Å². The van der Waals surface area contributed by atoms with Crippen LogP contribution in [0.5, 0.6) is 0 Å². The monoisotopic (exact) mass is 271 g/mol. The van der Waals surface area contributed by atoms with E-state index < -0.39 is 29.5 Å². The Morgan fingerprint density at radius 2 is 2.06 bits per heavy atom. The van der Waals surface area contributed by atoms with E-state index in [9.17, 15) is 22.8 Å². The van der Waals surface area contributed by atoms with Gasteiger partial charge in [-0.2, -0.15) is 13.2 Å². The lowest BCUT2D eigenvalue weighted by Gasteiger charge is -2.27. The maximum absolute atomic E-state index is 12.4. The van der Waals surface area contributed by atoms with E-state index in [1.807, 2.05) is 0 Å². The number of nitrogens with zero attached hydrogens (tertiary/aromatic N) is 1. The van der Waals surface area contributed by atoms with Gasteiger partial charge in [-0.15, -0.1) is 11.8 Å². The first-order chi connectivity index (χ1) is 7.79. The normalized spacial score (nSPS) is 25.1. The number of hydrogen-bond acceptors (Lipinski definition) is 3. The van der Waals surface area contributed by atoms with E-state index in [2.05, 4.69) is 0 Å². The van der Waals surface area contributed by atoms with Gasteiger partial charge in [-0.25, -0.2) is 4.79 Å². The minimum absolute atomic E-state index is 0.00181. The zero-order valence-corrected chi connectivity index (χ0v) is 9.85. The molecule has 0 radical (unpaired) electrons. The van der Waals surface area contributed by atoms with Crippen molar-refractivity contribution >= 4 is 23.6 Å². The second-order valence-corrected chi connectivity index (χ2v) is 4.85. The Hall–Kier alpha value is -0.920. The van der Waals surface area contributed by atoms with Gasteiger partial charge in [0.2, 0.25) is 0 Å². The summed E-state index contributed by atoms with van der Waals surface area (Å²) in [6.07, 6.45) is -4.08. The molecule has 0 aromatic carbocycles. The highest BCUT2D eigenvalue weighted by Gasteiger charge is 2.51. The first-order valence-electron chi connectivity index (χ1n) is 5.03. The molecule has 0 aromatic rings. The van der Waals surface area contributed by atoms with Gasteiger partial charge < -0.3 is 10.0 Å². The van der Waals surface area contributed by atoms with Gasteiger partial charge in [-0.3, -0.25) is 4.79 Å². The Morgan fingerprint density at radius 3 is 2.47 bits per heavy atom. The number of aliphatic carboxylic acids is 1. The van der Waals surface area contributed by atoms with Crippen molar-refractivity contribution < 1.29 is 27.9 Å². The van der Waals surface area contributed by atoms with Crippen LogP contribution in [0.2, 0.25) is 0 Å². The molecule has 0 bridgehead atoms. The fraction of sp³-hybridized carbons (Fsp3) is 0.778. The Labute approximate surface area is 100 Å².